The fourth-order valence-corrected chi connectivity index (χ4v) is 2.60. The van der Waals surface area contributed by atoms with Crippen LogP contribution in [-0.2, 0) is 6.42 Å². The highest BCUT2D eigenvalue weighted by atomic mass is 35.5. The Hall–Kier alpha value is -1.63. The van der Waals surface area contributed by atoms with Crippen LogP contribution in [-0.4, -0.2) is 31.9 Å². The predicted octanol–water partition coefficient (Wildman–Crippen LogP) is 2.24. The highest BCUT2D eigenvalue weighted by Crippen LogP contribution is 2.28. The smallest absolute Gasteiger partial charge is 0.288 e. The van der Waals surface area contributed by atoms with Crippen LogP contribution in [0.1, 0.15) is 35.6 Å². The number of aryl methyl sites for hydroxylation is 1. The average molecular weight is 343 g/mol. The average Bonchev–Trinajstić information content (AvgIpc) is 2.93. The lowest BCUT2D eigenvalue weighted by Crippen LogP contribution is -2.23. The van der Waals surface area contributed by atoms with Crippen LogP contribution in [0.25, 0.3) is 0 Å². The maximum atomic E-state index is 11.1. The van der Waals surface area contributed by atoms with E-state index in [2.05, 4.69) is 10.1 Å². The highest BCUT2D eigenvalue weighted by molar-refractivity contribution is 6.42. The van der Waals surface area contributed by atoms with Crippen LogP contribution in [0.3, 0.4) is 0 Å². The number of hydrogen-bond donors (Lipinski definition) is 2. The van der Waals surface area contributed by atoms with Crippen molar-refractivity contribution in [1.82, 2.24) is 14.8 Å². The molecule has 0 unspecified atom stereocenters. The van der Waals surface area contributed by atoms with E-state index in [-0.39, 0.29) is 11.9 Å². The Labute approximate surface area is 137 Å². The van der Waals surface area contributed by atoms with Crippen LogP contribution >= 0.6 is 23.2 Å². The van der Waals surface area contributed by atoms with Gasteiger partial charge in [-0.3, -0.25) is 4.79 Å². The van der Waals surface area contributed by atoms with Crippen LogP contribution in [0.5, 0.6) is 0 Å². The molecule has 1 aromatic carbocycles. The molecule has 118 valence electrons. The number of hydrogen-bond acceptors (Lipinski definition) is 4. The number of rotatable bonds is 6. The molecule has 1 heterocycles. The quantitative estimate of drug-likeness (QED) is 0.841. The molecule has 8 heteroatoms. The number of carbonyl (C=O) groups is 1. The standard InChI is InChI=1S/C14H16Cl2N4O2/c1-8(21)11(20-7-18-14(19-20)13(17)22)6-5-9-3-2-4-10(15)12(9)16/h2-4,7-8,11,21H,5-6H2,1H3,(H2,17,22)/t8-,11+/m0/s1. The first-order valence-electron chi connectivity index (χ1n) is 6.72. The number of amides is 1. The molecular formula is C14H16Cl2N4O2. The summed E-state index contributed by atoms with van der Waals surface area (Å²) in [6.07, 6.45) is 1.86. The molecule has 3 N–H and O–H groups in total. The molecule has 1 aromatic heterocycles. The zero-order valence-electron chi connectivity index (χ0n) is 11.9. The maximum Gasteiger partial charge on any atom is 0.288 e. The van der Waals surface area contributed by atoms with Gasteiger partial charge in [-0.15, -0.1) is 5.10 Å². The minimum atomic E-state index is -0.707. The SMILES string of the molecule is C[C@H](O)[C@@H](CCc1cccc(Cl)c1Cl)n1cnc(C(N)=O)n1. The van der Waals surface area contributed by atoms with Gasteiger partial charge < -0.3 is 10.8 Å². The number of benzene rings is 1. The van der Waals surface area contributed by atoms with Gasteiger partial charge in [-0.2, -0.15) is 0 Å². The van der Waals surface area contributed by atoms with Crippen molar-refractivity contribution in [2.45, 2.75) is 31.9 Å². The Kier molecular flexibility index (Phi) is 5.39. The molecule has 0 saturated heterocycles. The summed E-state index contributed by atoms with van der Waals surface area (Å²) in [7, 11) is 0. The van der Waals surface area contributed by atoms with Crippen LogP contribution in [0.2, 0.25) is 10.0 Å². The summed E-state index contributed by atoms with van der Waals surface area (Å²) < 4.78 is 1.45. The van der Waals surface area contributed by atoms with Gasteiger partial charge in [0, 0.05) is 0 Å². The number of aliphatic hydroxyl groups excluding tert-OH is 1. The first kappa shape index (κ1) is 16.7. The van der Waals surface area contributed by atoms with Gasteiger partial charge in [-0.05, 0) is 31.4 Å². The van der Waals surface area contributed by atoms with Crippen LogP contribution in [0.15, 0.2) is 24.5 Å². The molecular weight excluding hydrogens is 327 g/mol. The minimum absolute atomic E-state index is 0.0774. The van der Waals surface area contributed by atoms with E-state index in [1.54, 1.807) is 13.0 Å². The van der Waals surface area contributed by atoms with Crippen molar-refractivity contribution in [1.29, 1.82) is 0 Å². The van der Waals surface area contributed by atoms with Gasteiger partial charge >= 0.3 is 0 Å². The van der Waals surface area contributed by atoms with Crippen molar-refractivity contribution in [3.63, 3.8) is 0 Å². The molecule has 0 fully saturated rings. The number of nitrogens with two attached hydrogens (primary N) is 1. The van der Waals surface area contributed by atoms with Gasteiger partial charge in [-0.25, -0.2) is 9.67 Å². The second kappa shape index (κ2) is 7.09. The fourth-order valence-electron chi connectivity index (χ4n) is 2.19. The van der Waals surface area contributed by atoms with E-state index in [0.29, 0.717) is 22.9 Å². The summed E-state index contributed by atoms with van der Waals surface area (Å²) in [5.74, 6) is -0.785. The summed E-state index contributed by atoms with van der Waals surface area (Å²) >= 11 is 12.1. The van der Waals surface area contributed by atoms with Crippen molar-refractivity contribution >= 4 is 29.1 Å². The second-order valence-corrected chi connectivity index (χ2v) is 5.76. The van der Waals surface area contributed by atoms with Crippen LogP contribution in [0.4, 0.5) is 0 Å². The largest absolute Gasteiger partial charge is 0.391 e. The van der Waals surface area contributed by atoms with Crippen molar-refractivity contribution in [2.24, 2.45) is 5.73 Å². The lowest BCUT2D eigenvalue weighted by Gasteiger charge is -2.20. The van der Waals surface area contributed by atoms with Crippen molar-refractivity contribution < 1.29 is 9.90 Å². The summed E-state index contributed by atoms with van der Waals surface area (Å²) in [5, 5.41) is 14.9. The third-order valence-electron chi connectivity index (χ3n) is 3.37. The van der Waals surface area contributed by atoms with E-state index in [1.807, 2.05) is 12.1 Å². The molecule has 6 nitrogen and oxygen atoms in total. The van der Waals surface area contributed by atoms with E-state index < -0.39 is 12.0 Å². The van der Waals surface area contributed by atoms with Gasteiger partial charge in [0.1, 0.15) is 6.33 Å². The number of primary amides is 1. The number of aliphatic hydroxyl groups is 1. The minimum Gasteiger partial charge on any atom is -0.391 e. The Morgan fingerprint density at radius 3 is 2.77 bits per heavy atom. The van der Waals surface area contributed by atoms with Gasteiger partial charge in [-0.1, -0.05) is 35.3 Å². The maximum absolute atomic E-state index is 11.1. The summed E-state index contributed by atoms with van der Waals surface area (Å²) in [4.78, 5) is 14.9. The summed E-state index contributed by atoms with van der Waals surface area (Å²) in [6, 6.07) is 5.07. The number of nitrogens with zero attached hydrogens (tertiary/aromatic N) is 3. The molecule has 2 aromatic rings. The van der Waals surface area contributed by atoms with E-state index >= 15 is 0 Å². The Bertz CT molecular complexity index is 673. The molecule has 0 saturated carbocycles. The first-order valence-corrected chi connectivity index (χ1v) is 7.47. The third-order valence-corrected chi connectivity index (χ3v) is 4.22. The molecule has 1 amide bonds. The van der Waals surface area contributed by atoms with Gasteiger partial charge in [0.15, 0.2) is 0 Å². The van der Waals surface area contributed by atoms with E-state index in [1.165, 1.54) is 11.0 Å². The van der Waals surface area contributed by atoms with E-state index in [9.17, 15) is 9.90 Å². The van der Waals surface area contributed by atoms with Gasteiger partial charge in [0.2, 0.25) is 5.82 Å². The monoisotopic (exact) mass is 342 g/mol. The van der Waals surface area contributed by atoms with Gasteiger partial charge in [0.05, 0.1) is 22.2 Å². The third kappa shape index (κ3) is 3.76. The zero-order chi connectivity index (χ0) is 16.3. The summed E-state index contributed by atoms with van der Waals surface area (Å²) in [5.41, 5.74) is 6.02. The van der Waals surface area contributed by atoms with Gasteiger partial charge in [0.25, 0.3) is 5.91 Å². The zero-order valence-corrected chi connectivity index (χ0v) is 13.4. The molecule has 0 bridgehead atoms. The Balaban J connectivity index is 2.15. The number of aromatic nitrogens is 3. The first-order chi connectivity index (χ1) is 10.4. The molecule has 0 aliphatic carbocycles. The van der Waals surface area contributed by atoms with Crippen molar-refractivity contribution in [3.05, 3.63) is 46.0 Å². The molecule has 22 heavy (non-hydrogen) atoms. The van der Waals surface area contributed by atoms with Crippen LogP contribution < -0.4 is 5.73 Å². The van der Waals surface area contributed by atoms with Crippen molar-refractivity contribution in [2.75, 3.05) is 0 Å². The van der Waals surface area contributed by atoms with E-state index in [4.69, 9.17) is 28.9 Å². The second-order valence-electron chi connectivity index (χ2n) is 4.97. The fraction of sp³-hybridized carbons (Fsp3) is 0.357. The molecule has 0 aliphatic rings. The molecule has 0 spiro atoms. The number of carbonyl (C=O) groups excluding carboxylic acids is 1. The van der Waals surface area contributed by atoms with Crippen molar-refractivity contribution in [3.8, 4) is 0 Å². The molecule has 0 radical (unpaired) electrons. The number of halogens is 2. The topological polar surface area (TPSA) is 94.0 Å². The summed E-state index contributed by atoms with van der Waals surface area (Å²) in [6.45, 7) is 1.65. The molecule has 2 atom stereocenters. The van der Waals surface area contributed by atoms with Crippen LogP contribution in [0, 0.1) is 0 Å². The normalized spacial score (nSPS) is 13.8. The molecule has 2 rings (SSSR count). The lowest BCUT2D eigenvalue weighted by atomic mass is 10.0. The Morgan fingerprint density at radius 1 is 1.45 bits per heavy atom. The Morgan fingerprint density at radius 2 is 2.18 bits per heavy atom. The van der Waals surface area contributed by atoms with E-state index in [0.717, 1.165) is 5.56 Å². The molecule has 0 aliphatic heterocycles. The highest BCUT2D eigenvalue weighted by Gasteiger charge is 2.20. The predicted molar refractivity (Wildman–Crippen MR) is 84.0 cm³/mol. The lowest BCUT2D eigenvalue weighted by molar-refractivity contribution is 0.0982.